The second kappa shape index (κ2) is 2.79. The van der Waals surface area contributed by atoms with E-state index in [1.54, 1.807) is 0 Å². The van der Waals surface area contributed by atoms with Gasteiger partial charge in [0.25, 0.3) is 0 Å². The second-order valence-electron chi connectivity index (χ2n) is 1.93. The molecule has 8 heavy (non-hydrogen) atoms. The van der Waals surface area contributed by atoms with Crippen LogP contribution in [0.1, 0.15) is 6.42 Å². The van der Waals surface area contributed by atoms with E-state index in [2.05, 4.69) is 10.6 Å². The van der Waals surface area contributed by atoms with Crippen molar-refractivity contribution in [3.05, 3.63) is 0 Å². The molecule has 1 heterocycles. The summed E-state index contributed by atoms with van der Waals surface area (Å²) in [6, 6.07) is 0.382. The fourth-order valence-corrected chi connectivity index (χ4v) is 0.818. The zero-order valence-corrected chi connectivity index (χ0v) is 4.68. The molecule has 1 atom stereocenters. The molecule has 1 rings (SSSR count). The molecule has 0 saturated carbocycles. The van der Waals surface area contributed by atoms with Crippen LogP contribution in [0.2, 0.25) is 0 Å². The highest BCUT2D eigenvalue weighted by atomic mass is 16.1. The lowest BCUT2D eigenvalue weighted by Crippen LogP contribution is -2.23. The van der Waals surface area contributed by atoms with Gasteiger partial charge in [-0.05, 0) is 0 Å². The van der Waals surface area contributed by atoms with Gasteiger partial charge in [-0.2, -0.15) is 0 Å². The molecular formula is C5H10N2O. The quantitative estimate of drug-likeness (QED) is 0.457. The van der Waals surface area contributed by atoms with Crippen molar-refractivity contribution in [3.8, 4) is 0 Å². The first kappa shape index (κ1) is 5.72. The molecule has 0 amide bonds. The van der Waals surface area contributed by atoms with E-state index in [-0.39, 0.29) is 0 Å². The van der Waals surface area contributed by atoms with Gasteiger partial charge in [-0.1, -0.05) is 0 Å². The van der Waals surface area contributed by atoms with Gasteiger partial charge in [-0.15, -0.1) is 0 Å². The minimum atomic E-state index is 0.382. The van der Waals surface area contributed by atoms with Gasteiger partial charge in [-0.25, -0.2) is 0 Å². The van der Waals surface area contributed by atoms with E-state index >= 15 is 0 Å². The molecule has 0 bridgehead atoms. The summed E-state index contributed by atoms with van der Waals surface area (Å²) in [7, 11) is 0. The predicted molar refractivity (Wildman–Crippen MR) is 30.5 cm³/mol. The topological polar surface area (TPSA) is 41.1 Å². The second-order valence-corrected chi connectivity index (χ2v) is 1.93. The van der Waals surface area contributed by atoms with E-state index in [9.17, 15) is 4.79 Å². The first-order valence-corrected chi connectivity index (χ1v) is 2.81. The van der Waals surface area contributed by atoms with Gasteiger partial charge in [0.15, 0.2) is 0 Å². The lowest BCUT2D eigenvalue weighted by molar-refractivity contribution is -0.108. The zero-order chi connectivity index (χ0) is 5.82. The molecule has 2 N–H and O–H groups in total. The molecule has 0 radical (unpaired) electrons. The fraction of sp³-hybridized carbons (Fsp3) is 0.800. The number of carbonyl (C=O) groups is 1. The molecule has 1 saturated heterocycles. The van der Waals surface area contributed by atoms with Crippen LogP contribution < -0.4 is 10.6 Å². The number of aldehydes is 1. The van der Waals surface area contributed by atoms with Crippen molar-refractivity contribution in [2.75, 3.05) is 13.2 Å². The third-order valence-corrected chi connectivity index (χ3v) is 1.29. The standard InChI is InChI=1S/C5H10N2O/c8-2-1-5-3-6-4-7-5/h2,5-7H,1,3-4H2. The lowest BCUT2D eigenvalue weighted by Gasteiger charge is -2.00. The van der Waals surface area contributed by atoms with Gasteiger partial charge in [0.1, 0.15) is 6.29 Å². The summed E-state index contributed by atoms with van der Waals surface area (Å²) < 4.78 is 0. The SMILES string of the molecule is O=CCC1CNCN1. The van der Waals surface area contributed by atoms with Crippen molar-refractivity contribution in [1.82, 2.24) is 10.6 Å². The molecule has 0 aromatic heterocycles. The Bertz CT molecular complexity index is 78.5. The van der Waals surface area contributed by atoms with Crippen LogP contribution in [-0.4, -0.2) is 25.5 Å². The number of nitrogens with one attached hydrogen (secondary N) is 2. The summed E-state index contributed by atoms with van der Waals surface area (Å²) >= 11 is 0. The first-order valence-electron chi connectivity index (χ1n) is 2.81. The average molecular weight is 114 g/mol. The van der Waals surface area contributed by atoms with Crippen LogP contribution in [0.25, 0.3) is 0 Å². The molecule has 1 aliphatic heterocycles. The van der Waals surface area contributed by atoms with Gasteiger partial charge in [0.05, 0.1) is 0 Å². The Morgan fingerprint density at radius 3 is 3.12 bits per heavy atom. The van der Waals surface area contributed by atoms with Crippen LogP contribution in [0.3, 0.4) is 0 Å². The van der Waals surface area contributed by atoms with Crippen LogP contribution in [0, 0.1) is 0 Å². The Morgan fingerprint density at radius 1 is 1.75 bits per heavy atom. The molecule has 0 aliphatic carbocycles. The van der Waals surface area contributed by atoms with E-state index < -0.39 is 0 Å². The minimum Gasteiger partial charge on any atom is -0.303 e. The molecule has 1 unspecified atom stereocenters. The first-order chi connectivity index (χ1) is 3.93. The van der Waals surface area contributed by atoms with Crippen molar-refractivity contribution in [1.29, 1.82) is 0 Å². The minimum absolute atomic E-state index is 0.382. The maximum absolute atomic E-state index is 9.89. The third kappa shape index (κ3) is 1.28. The highest BCUT2D eigenvalue weighted by Crippen LogP contribution is 1.89. The van der Waals surface area contributed by atoms with Crippen LogP contribution in [0.15, 0.2) is 0 Å². The molecule has 0 aromatic rings. The summed E-state index contributed by atoms with van der Waals surface area (Å²) in [5.41, 5.74) is 0. The number of rotatable bonds is 2. The Labute approximate surface area is 48.5 Å². The summed E-state index contributed by atoms with van der Waals surface area (Å²) in [4.78, 5) is 9.89. The van der Waals surface area contributed by atoms with E-state index in [0.717, 1.165) is 19.5 Å². The van der Waals surface area contributed by atoms with E-state index in [0.29, 0.717) is 12.5 Å². The molecule has 0 aromatic carbocycles. The van der Waals surface area contributed by atoms with Crippen molar-refractivity contribution < 1.29 is 4.79 Å². The van der Waals surface area contributed by atoms with Gasteiger partial charge in [-0.3, -0.25) is 5.32 Å². The molecule has 0 spiro atoms. The van der Waals surface area contributed by atoms with Gasteiger partial charge in [0, 0.05) is 25.7 Å². The highest BCUT2D eigenvalue weighted by Gasteiger charge is 2.10. The predicted octanol–water partition coefficient (Wildman–Crippen LogP) is -0.906. The molecule has 3 nitrogen and oxygen atoms in total. The zero-order valence-electron chi connectivity index (χ0n) is 4.68. The molecule has 1 fully saturated rings. The normalized spacial score (nSPS) is 28.2. The Balaban J connectivity index is 2.14. The summed E-state index contributed by atoms with van der Waals surface area (Å²) in [5.74, 6) is 0. The van der Waals surface area contributed by atoms with Crippen molar-refractivity contribution in [2.24, 2.45) is 0 Å². The largest absolute Gasteiger partial charge is 0.303 e. The summed E-state index contributed by atoms with van der Waals surface area (Å²) in [5, 5.41) is 6.20. The Kier molecular flexibility index (Phi) is 2.00. The lowest BCUT2D eigenvalue weighted by atomic mass is 10.2. The van der Waals surface area contributed by atoms with E-state index in [4.69, 9.17) is 0 Å². The van der Waals surface area contributed by atoms with Gasteiger partial charge >= 0.3 is 0 Å². The fourth-order valence-electron chi connectivity index (χ4n) is 0.818. The molecule has 46 valence electrons. The van der Waals surface area contributed by atoms with Crippen molar-refractivity contribution >= 4 is 6.29 Å². The Morgan fingerprint density at radius 2 is 2.62 bits per heavy atom. The highest BCUT2D eigenvalue weighted by molar-refractivity contribution is 5.50. The van der Waals surface area contributed by atoms with Crippen LogP contribution in [0.5, 0.6) is 0 Å². The Hall–Kier alpha value is -0.410. The van der Waals surface area contributed by atoms with Crippen molar-refractivity contribution in [2.45, 2.75) is 12.5 Å². The molecular weight excluding hydrogens is 104 g/mol. The van der Waals surface area contributed by atoms with Gasteiger partial charge < -0.3 is 10.1 Å². The number of hydrogen-bond acceptors (Lipinski definition) is 3. The summed E-state index contributed by atoms with van der Waals surface area (Å²) in [6.45, 7) is 1.78. The van der Waals surface area contributed by atoms with Crippen LogP contribution >= 0.6 is 0 Å². The summed E-state index contributed by atoms with van der Waals surface area (Å²) in [6.07, 6.45) is 1.58. The van der Waals surface area contributed by atoms with Crippen LogP contribution in [0.4, 0.5) is 0 Å². The number of hydrogen-bond donors (Lipinski definition) is 2. The van der Waals surface area contributed by atoms with Crippen molar-refractivity contribution in [3.63, 3.8) is 0 Å². The maximum Gasteiger partial charge on any atom is 0.121 e. The third-order valence-electron chi connectivity index (χ3n) is 1.29. The molecule has 1 aliphatic rings. The smallest absolute Gasteiger partial charge is 0.121 e. The van der Waals surface area contributed by atoms with E-state index in [1.165, 1.54) is 0 Å². The monoisotopic (exact) mass is 114 g/mol. The maximum atomic E-state index is 9.89. The molecule has 3 heteroatoms. The average Bonchev–Trinajstić information content (AvgIpc) is 2.19. The number of carbonyl (C=O) groups excluding carboxylic acids is 1. The van der Waals surface area contributed by atoms with Crippen LogP contribution in [-0.2, 0) is 4.79 Å². The van der Waals surface area contributed by atoms with Gasteiger partial charge in [0.2, 0.25) is 0 Å². The van der Waals surface area contributed by atoms with E-state index in [1.807, 2.05) is 0 Å².